The van der Waals surface area contributed by atoms with E-state index in [-0.39, 0.29) is 11.7 Å². The van der Waals surface area contributed by atoms with Gasteiger partial charge in [0.2, 0.25) is 0 Å². The molecule has 3 rings (SSSR count). The van der Waals surface area contributed by atoms with E-state index in [2.05, 4.69) is 5.10 Å². The Hall–Kier alpha value is -2.90. The maximum Gasteiger partial charge on any atom is 0.392 e. The van der Waals surface area contributed by atoms with Gasteiger partial charge in [-0.3, -0.25) is 4.79 Å². The summed E-state index contributed by atoms with van der Waals surface area (Å²) in [5.41, 5.74) is 1.15. The molecule has 1 atom stereocenters. The van der Waals surface area contributed by atoms with Crippen LogP contribution in [0.5, 0.6) is 5.75 Å². The molecule has 8 heteroatoms. The number of hydrogen-bond donors (Lipinski definition) is 0. The topological polar surface area (TPSA) is 90.5 Å². The monoisotopic (exact) mass is 330 g/mol. The molecule has 2 aromatic rings. The number of benzene rings is 1. The Labute approximate surface area is 138 Å². The van der Waals surface area contributed by atoms with Crippen LogP contribution in [0.3, 0.4) is 0 Å². The van der Waals surface area contributed by atoms with Crippen LogP contribution in [0.25, 0.3) is 0 Å². The summed E-state index contributed by atoms with van der Waals surface area (Å²) in [7, 11) is 1.56. The summed E-state index contributed by atoms with van der Waals surface area (Å²) in [4.78, 5) is 25.0. The van der Waals surface area contributed by atoms with E-state index in [0.29, 0.717) is 30.0 Å². The van der Waals surface area contributed by atoms with Crippen molar-refractivity contribution in [3.8, 4) is 5.75 Å². The summed E-state index contributed by atoms with van der Waals surface area (Å²) in [6, 6.07) is 6.77. The molecule has 0 bridgehead atoms. The number of aryl methyl sites for hydroxylation is 1. The van der Waals surface area contributed by atoms with Gasteiger partial charge in [0.15, 0.2) is 6.04 Å². The van der Waals surface area contributed by atoms with Crippen molar-refractivity contribution < 1.29 is 14.5 Å². The molecule has 1 amide bonds. The number of nitro groups is 1. The fourth-order valence-electron chi connectivity index (χ4n) is 3.01. The van der Waals surface area contributed by atoms with Crippen LogP contribution in [0.4, 0.5) is 11.5 Å². The SMILES string of the molecule is COc1ccccc1N1CCC[C@H](n2cc(C)c([N+](=O)[O-])n2)C1=O. The van der Waals surface area contributed by atoms with Crippen molar-refractivity contribution in [1.29, 1.82) is 0 Å². The average Bonchev–Trinajstić information content (AvgIpc) is 2.97. The Balaban J connectivity index is 1.93. The highest BCUT2D eigenvalue weighted by Gasteiger charge is 2.35. The van der Waals surface area contributed by atoms with Gasteiger partial charge < -0.3 is 19.8 Å². The van der Waals surface area contributed by atoms with Crippen molar-refractivity contribution in [2.45, 2.75) is 25.8 Å². The molecular formula is C16H18N4O4. The Bertz CT molecular complexity index is 786. The summed E-state index contributed by atoms with van der Waals surface area (Å²) < 4.78 is 6.75. The highest BCUT2D eigenvalue weighted by atomic mass is 16.6. The van der Waals surface area contributed by atoms with Gasteiger partial charge in [0, 0.05) is 6.54 Å². The van der Waals surface area contributed by atoms with Gasteiger partial charge >= 0.3 is 5.82 Å². The Morgan fingerprint density at radius 3 is 2.79 bits per heavy atom. The van der Waals surface area contributed by atoms with E-state index in [1.165, 1.54) is 4.68 Å². The summed E-state index contributed by atoms with van der Waals surface area (Å²) in [5, 5.41) is 15.0. The molecule has 1 fully saturated rings. The normalized spacial score (nSPS) is 17.8. The summed E-state index contributed by atoms with van der Waals surface area (Å²) >= 11 is 0. The van der Waals surface area contributed by atoms with Gasteiger partial charge in [-0.1, -0.05) is 12.1 Å². The lowest BCUT2D eigenvalue weighted by Gasteiger charge is -2.32. The summed E-state index contributed by atoms with van der Waals surface area (Å²) in [5.74, 6) is 0.273. The first-order valence-electron chi connectivity index (χ1n) is 7.67. The van der Waals surface area contributed by atoms with E-state index in [4.69, 9.17) is 4.74 Å². The fourth-order valence-corrected chi connectivity index (χ4v) is 3.01. The number of carbonyl (C=O) groups excluding carboxylic acids is 1. The molecule has 1 aliphatic rings. The number of piperidine rings is 1. The number of amides is 1. The van der Waals surface area contributed by atoms with Crippen LogP contribution in [-0.4, -0.2) is 34.3 Å². The first kappa shape index (κ1) is 16.0. The second-order valence-corrected chi connectivity index (χ2v) is 5.69. The zero-order chi connectivity index (χ0) is 17.3. The lowest BCUT2D eigenvalue weighted by Crippen LogP contribution is -2.42. The molecule has 0 saturated carbocycles. The minimum absolute atomic E-state index is 0.136. The van der Waals surface area contributed by atoms with E-state index < -0.39 is 11.0 Å². The van der Waals surface area contributed by atoms with Crippen molar-refractivity contribution in [2.24, 2.45) is 0 Å². The maximum atomic E-state index is 12.9. The summed E-state index contributed by atoms with van der Waals surface area (Å²) in [6.45, 7) is 2.20. The fraction of sp³-hybridized carbons (Fsp3) is 0.375. The molecule has 1 aromatic carbocycles. The summed E-state index contributed by atoms with van der Waals surface area (Å²) in [6.07, 6.45) is 2.94. The highest BCUT2D eigenvalue weighted by molar-refractivity contribution is 5.98. The van der Waals surface area contributed by atoms with Gasteiger partial charge in [0.25, 0.3) is 5.91 Å². The molecule has 0 unspecified atom stereocenters. The molecule has 1 aromatic heterocycles. The van der Waals surface area contributed by atoms with Gasteiger partial charge in [-0.2, -0.15) is 4.68 Å². The van der Waals surface area contributed by atoms with Crippen LogP contribution in [-0.2, 0) is 4.79 Å². The molecule has 1 aliphatic heterocycles. The van der Waals surface area contributed by atoms with Gasteiger partial charge in [-0.05, 0) is 36.8 Å². The van der Waals surface area contributed by atoms with Crippen LogP contribution in [0.2, 0.25) is 0 Å². The Morgan fingerprint density at radius 1 is 1.38 bits per heavy atom. The minimum atomic E-state index is -0.545. The molecule has 8 nitrogen and oxygen atoms in total. The van der Waals surface area contributed by atoms with Crippen molar-refractivity contribution in [3.63, 3.8) is 0 Å². The number of para-hydroxylation sites is 2. The Kier molecular flexibility index (Phi) is 4.20. The van der Waals surface area contributed by atoms with E-state index >= 15 is 0 Å². The first-order chi connectivity index (χ1) is 11.5. The quantitative estimate of drug-likeness (QED) is 0.634. The third kappa shape index (κ3) is 2.70. The molecule has 0 spiro atoms. The second-order valence-electron chi connectivity index (χ2n) is 5.69. The standard InChI is InChI=1S/C16H18N4O4/c1-11-10-19(17-15(11)20(22)23)13-7-5-9-18(16(13)21)12-6-3-4-8-14(12)24-2/h3-4,6,8,10,13H,5,7,9H2,1-2H3/t13-/m0/s1. The number of nitrogens with zero attached hydrogens (tertiary/aromatic N) is 4. The molecule has 0 radical (unpaired) electrons. The van der Waals surface area contributed by atoms with E-state index in [1.807, 2.05) is 18.2 Å². The van der Waals surface area contributed by atoms with E-state index in [9.17, 15) is 14.9 Å². The van der Waals surface area contributed by atoms with Crippen LogP contribution < -0.4 is 9.64 Å². The lowest BCUT2D eigenvalue weighted by atomic mass is 10.0. The lowest BCUT2D eigenvalue weighted by molar-refractivity contribution is -0.390. The molecule has 1 saturated heterocycles. The maximum absolute atomic E-state index is 12.9. The molecule has 0 aliphatic carbocycles. The number of anilines is 1. The van der Waals surface area contributed by atoms with Crippen LogP contribution in [0, 0.1) is 17.0 Å². The van der Waals surface area contributed by atoms with Crippen LogP contribution in [0.15, 0.2) is 30.5 Å². The number of methoxy groups -OCH3 is 1. The first-order valence-corrected chi connectivity index (χ1v) is 7.67. The van der Waals surface area contributed by atoms with Crippen molar-refractivity contribution in [2.75, 3.05) is 18.6 Å². The van der Waals surface area contributed by atoms with Crippen molar-refractivity contribution >= 4 is 17.4 Å². The molecule has 0 N–H and O–H groups in total. The van der Waals surface area contributed by atoms with Gasteiger partial charge in [-0.15, -0.1) is 0 Å². The van der Waals surface area contributed by atoms with Crippen LogP contribution in [0.1, 0.15) is 24.4 Å². The smallest absolute Gasteiger partial charge is 0.392 e. The number of carbonyl (C=O) groups is 1. The average molecular weight is 330 g/mol. The third-order valence-corrected chi connectivity index (χ3v) is 4.17. The minimum Gasteiger partial charge on any atom is -0.495 e. The second kappa shape index (κ2) is 6.31. The number of ether oxygens (including phenoxy) is 1. The number of rotatable bonds is 4. The number of hydrogen-bond acceptors (Lipinski definition) is 5. The largest absolute Gasteiger partial charge is 0.495 e. The zero-order valence-corrected chi connectivity index (χ0v) is 13.5. The zero-order valence-electron chi connectivity index (χ0n) is 13.5. The van der Waals surface area contributed by atoms with E-state index in [1.54, 1.807) is 31.2 Å². The Morgan fingerprint density at radius 2 is 2.12 bits per heavy atom. The van der Waals surface area contributed by atoms with Crippen LogP contribution >= 0.6 is 0 Å². The number of aromatic nitrogens is 2. The van der Waals surface area contributed by atoms with Crippen molar-refractivity contribution in [3.05, 3.63) is 46.1 Å². The molecule has 126 valence electrons. The molecular weight excluding hydrogens is 312 g/mol. The molecule has 24 heavy (non-hydrogen) atoms. The third-order valence-electron chi connectivity index (χ3n) is 4.17. The predicted octanol–water partition coefficient (Wildman–Crippen LogP) is 2.48. The van der Waals surface area contributed by atoms with Crippen molar-refractivity contribution in [1.82, 2.24) is 9.78 Å². The van der Waals surface area contributed by atoms with E-state index in [0.717, 1.165) is 6.42 Å². The van der Waals surface area contributed by atoms with Gasteiger partial charge in [0.1, 0.15) is 5.75 Å². The highest BCUT2D eigenvalue weighted by Crippen LogP contribution is 2.34. The van der Waals surface area contributed by atoms with Gasteiger partial charge in [-0.25, -0.2) is 0 Å². The predicted molar refractivity (Wildman–Crippen MR) is 87.2 cm³/mol. The van der Waals surface area contributed by atoms with Gasteiger partial charge in [0.05, 0.1) is 29.7 Å². The molecule has 2 heterocycles.